The van der Waals surface area contributed by atoms with Crippen molar-refractivity contribution in [2.75, 3.05) is 0 Å². The fraction of sp³-hybridized carbons (Fsp3) is 0.0909. The van der Waals surface area contributed by atoms with Gasteiger partial charge in [0.15, 0.2) is 0 Å². The van der Waals surface area contributed by atoms with E-state index in [0.717, 1.165) is 12.3 Å². The number of amides is 1. The number of alkyl halides is 3. The van der Waals surface area contributed by atoms with Crippen molar-refractivity contribution in [3.8, 4) is 0 Å². The largest absolute Gasteiger partial charge is 0.417 e. The number of carbonyl (C=O) groups is 1. The third-order valence-corrected chi connectivity index (χ3v) is 2.44. The van der Waals surface area contributed by atoms with E-state index in [1.165, 1.54) is 18.2 Å². The number of pyridine rings is 1. The lowest BCUT2D eigenvalue weighted by Crippen LogP contribution is -2.29. The molecule has 0 unspecified atom stereocenters. The first-order chi connectivity index (χ1) is 8.43. The van der Waals surface area contributed by atoms with E-state index >= 15 is 0 Å². The number of nitrogen functional groups attached to an aromatic ring is 1. The standard InChI is InChI=1S/C11H8F3N3O/c12-11(13,14)8-3-4-16-9-5-6(10(18)17-15)1-2-7(8)9/h1-5H,15H2,(H,17,18). The van der Waals surface area contributed by atoms with Crippen molar-refractivity contribution in [1.29, 1.82) is 0 Å². The van der Waals surface area contributed by atoms with Gasteiger partial charge in [-0.05, 0) is 18.2 Å². The highest BCUT2D eigenvalue weighted by Gasteiger charge is 2.32. The average Bonchev–Trinajstić information content (AvgIpc) is 2.35. The zero-order chi connectivity index (χ0) is 13.3. The van der Waals surface area contributed by atoms with E-state index in [1.807, 2.05) is 5.43 Å². The minimum Gasteiger partial charge on any atom is -0.290 e. The second-order valence-electron chi connectivity index (χ2n) is 3.56. The van der Waals surface area contributed by atoms with Crippen LogP contribution in [-0.4, -0.2) is 10.9 Å². The van der Waals surface area contributed by atoms with Gasteiger partial charge in [0.2, 0.25) is 0 Å². The monoisotopic (exact) mass is 255 g/mol. The lowest BCUT2D eigenvalue weighted by molar-refractivity contribution is -0.136. The summed E-state index contributed by atoms with van der Waals surface area (Å²) in [5.41, 5.74) is 1.36. The molecule has 0 atom stereocenters. The molecule has 0 spiro atoms. The summed E-state index contributed by atoms with van der Waals surface area (Å²) in [6.07, 6.45) is -3.41. The Morgan fingerprint density at radius 2 is 2.00 bits per heavy atom. The lowest BCUT2D eigenvalue weighted by Gasteiger charge is -2.10. The van der Waals surface area contributed by atoms with Gasteiger partial charge in [0.05, 0.1) is 11.1 Å². The van der Waals surface area contributed by atoms with E-state index < -0.39 is 17.6 Å². The minimum atomic E-state index is -4.46. The second kappa shape index (κ2) is 4.26. The second-order valence-corrected chi connectivity index (χ2v) is 3.56. The normalized spacial score (nSPS) is 11.6. The SMILES string of the molecule is NNC(=O)c1ccc2c(C(F)(F)F)ccnc2c1. The van der Waals surface area contributed by atoms with Gasteiger partial charge in [0.25, 0.3) is 5.91 Å². The number of fused-ring (bicyclic) bond motifs is 1. The lowest BCUT2D eigenvalue weighted by atomic mass is 10.1. The number of carbonyl (C=O) groups excluding carboxylic acids is 1. The molecule has 1 amide bonds. The van der Waals surface area contributed by atoms with Gasteiger partial charge in [-0.2, -0.15) is 13.2 Å². The Morgan fingerprint density at radius 1 is 1.28 bits per heavy atom. The predicted molar refractivity (Wildman–Crippen MR) is 58.4 cm³/mol. The zero-order valence-corrected chi connectivity index (χ0v) is 8.95. The van der Waals surface area contributed by atoms with E-state index in [9.17, 15) is 18.0 Å². The molecule has 0 bridgehead atoms. The Balaban J connectivity index is 2.64. The molecule has 7 heteroatoms. The summed E-state index contributed by atoms with van der Waals surface area (Å²) in [5.74, 6) is 4.36. The van der Waals surface area contributed by atoms with Crippen LogP contribution in [0, 0.1) is 0 Å². The van der Waals surface area contributed by atoms with Crippen LogP contribution < -0.4 is 11.3 Å². The molecule has 0 fully saturated rings. The number of aromatic nitrogens is 1. The Kier molecular flexibility index (Phi) is 2.92. The third kappa shape index (κ3) is 2.12. The van der Waals surface area contributed by atoms with Crippen molar-refractivity contribution >= 4 is 16.8 Å². The first kappa shape index (κ1) is 12.3. The highest BCUT2D eigenvalue weighted by atomic mass is 19.4. The molecule has 0 aliphatic heterocycles. The molecular formula is C11H8F3N3O. The molecule has 0 aliphatic rings. The molecular weight excluding hydrogens is 247 g/mol. The van der Waals surface area contributed by atoms with Gasteiger partial charge in [-0.1, -0.05) is 6.07 Å². The maximum absolute atomic E-state index is 12.7. The smallest absolute Gasteiger partial charge is 0.290 e. The number of hydrogen-bond donors (Lipinski definition) is 2. The van der Waals surface area contributed by atoms with Crippen molar-refractivity contribution in [2.45, 2.75) is 6.18 Å². The Hall–Kier alpha value is -2.15. The molecule has 3 N–H and O–H groups in total. The Labute approximate surface area is 99.6 Å². The van der Waals surface area contributed by atoms with Gasteiger partial charge in [0.1, 0.15) is 0 Å². The van der Waals surface area contributed by atoms with Crippen LogP contribution in [0.3, 0.4) is 0 Å². The summed E-state index contributed by atoms with van der Waals surface area (Å²) in [5, 5.41) is -0.0569. The van der Waals surface area contributed by atoms with E-state index in [4.69, 9.17) is 5.84 Å². The number of nitrogens with one attached hydrogen (secondary N) is 1. The van der Waals surface area contributed by atoms with Gasteiger partial charge < -0.3 is 0 Å². The quantitative estimate of drug-likeness (QED) is 0.464. The number of nitrogens with zero attached hydrogens (tertiary/aromatic N) is 1. The van der Waals surface area contributed by atoms with Gasteiger partial charge in [0, 0.05) is 17.1 Å². The van der Waals surface area contributed by atoms with Crippen LogP contribution in [0.5, 0.6) is 0 Å². The summed E-state index contributed by atoms with van der Waals surface area (Å²) >= 11 is 0. The maximum Gasteiger partial charge on any atom is 0.417 e. The number of nitrogens with two attached hydrogens (primary N) is 1. The number of halogens is 3. The van der Waals surface area contributed by atoms with Crippen molar-refractivity contribution in [1.82, 2.24) is 10.4 Å². The van der Waals surface area contributed by atoms with Crippen molar-refractivity contribution in [2.24, 2.45) is 5.84 Å². The summed E-state index contributed by atoms with van der Waals surface area (Å²) in [6, 6.07) is 4.62. The first-order valence-electron chi connectivity index (χ1n) is 4.90. The van der Waals surface area contributed by atoms with Gasteiger partial charge >= 0.3 is 6.18 Å². The van der Waals surface area contributed by atoms with Crippen molar-refractivity contribution in [3.05, 3.63) is 41.6 Å². The van der Waals surface area contributed by atoms with Crippen LogP contribution in [-0.2, 0) is 6.18 Å². The Bertz CT molecular complexity index is 610. The molecule has 4 nitrogen and oxygen atoms in total. The van der Waals surface area contributed by atoms with Gasteiger partial charge in [-0.25, -0.2) is 5.84 Å². The molecule has 0 saturated carbocycles. The molecule has 0 radical (unpaired) electrons. The molecule has 0 saturated heterocycles. The van der Waals surface area contributed by atoms with Gasteiger partial charge in [-0.3, -0.25) is 15.2 Å². The highest BCUT2D eigenvalue weighted by Crippen LogP contribution is 2.34. The molecule has 94 valence electrons. The van der Waals surface area contributed by atoms with Crippen LogP contribution in [0.15, 0.2) is 30.5 Å². The minimum absolute atomic E-state index is 0.0569. The fourth-order valence-electron chi connectivity index (χ4n) is 1.62. The average molecular weight is 255 g/mol. The first-order valence-corrected chi connectivity index (χ1v) is 4.90. The van der Waals surface area contributed by atoms with Gasteiger partial charge in [-0.15, -0.1) is 0 Å². The zero-order valence-electron chi connectivity index (χ0n) is 8.95. The highest BCUT2D eigenvalue weighted by molar-refractivity contribution is 5.98. The topological polar surface area (TPSA) is 68.0 Å². The van der Waals surface area contributed by atoms with Crippen molar-refractivity contribution in [3.63, 3.8) is 0 Å². The molecule has 2 rings (SSSR count). The number of hydrazine groups is 1. The third-order valence-electron chi connectivity index (χ3n) is 2.44. The summed E-state index contributed by atoms with van der Waals surface area (Å²) < 4.78 is 38.1. The summed E-state index contributed by atoms with van der Waals surface area (Å²) in [6.45, 7) is 0. The van der Waals surface area contributed by atoms with E-state index in [2.05, 4.69) is 4.98 Å². The van der Waals surface area contributed by atoms with Crippen LogP contribution in [0.2, 0.25) is 0 Å². The van der Waals surface area contributed by atoms with Crippen molar-refractivity contribution < 1.29 is 18.0 Å². The maximum atomic E-state index is 12.7. The number of rotatable bonds is 1. The predicted octanol–water partition coefficient (Wildman–Crippen LogP) is 1.86. The molecule has 18 heavy (non-hydrogen) atoms. The van der Waals surface area contributed by atoms with E-state index in [-0.39, 0.29) is 16.5 Å². The number of hydrogen-bond acceptors (Lipinski definition) is 3. The summed E-state index contributed by atoms with van der Waals surface area (Å²) in [4.78, 5) is 15.1. The van der Waals surface area contributed by atoms with E-state index in [0.29, 0.717) is 0 Å². The summed E-state index contributed by atoms with van der Waals surface area (Å²) in [7, 11) is 0. The van der Waals surface area contributed by atoms with Crippen LogP contribution in [0.4, 0.5) is 13.2 Å². The Morgan fingerprint density at radius 3 is 2.61 bits per heavy atom. The molecule has 0 aliphatic carbocycles. The molecule has 2 aromatic rings. The fourth-order valence-corrected chi connectivity index (χ4v) is 1.62. The van der Waals surface area contributed by atoms with Crippen LogP contribution in [0.25, 0.3) is 10.9 Å². The molecule has 1 aromatic carbocycles. The molecule has 1 heterocycles. The van der Waals surface area contributed by atoms with Crippen LogP contribution in [0.1, 0.15) is 15.9 Å². The molecule has 1 aromatic heterocycles. The van der Waals surface area contributed by atoms with Crippen LogP contribution >= 0.6 is 0 Å². The number of benzene rings is 1. The van der Waals surface area contributed by atoms with E-state index in [1.54, 1.807) is 0 Å².